The van der Waals surface area contributed by atoms with Crippen molar-refractivity contribution in [1.29, 1.82) is 0 Å². The van der Waals surface area contributed by atoms with E-state index in [9.17, 15) is 0 Å². The minimum Gasteiger partial charge on any atom is -0.372 e. The number of nitrogens with two attached hydrogens (primary N) is 1. The van der Waals surface area contributed by atoms with E-state index < -0.39 is 0 Å². The number of primary amides is 1. The smallest absolute Gasteiger partial charge is 0.204 e. The molecule has 0 unspecified atom stereocenters. The molecule has 0 aromatic carbocycles. The second kappa shape index (κ2) is 9.20. The van der Waals surface area contributed by atoms with Crippen LogP contribution in [0.25, 0.3) is 0 Å². The fourth-order valence-electron chi connectivity index (χ4n) is 0. The summed E-state index contributed by atoms with van der Waals surface area (Å²) in [4.78, 5) is 8.58. The molecule has 0 aliphatic heterocycles. The summed E-state index contributed by atoms with van der Waals surface area (Å²) in [6, 6.07) is 0. The maximum atomic E-state index is 8.58. The second-order valence-corrected chi connectivity index (χ2v) is 0.136. The normalized spacial score (nSPS) is 3.00. The monoisotopic (exact) mass is 203 g/mol. The average molecular weight is 202 g/mol. The van der Waals surface area contributed by atoms with Crippen LogP contribution in [0.2, 0.25) is 0 Å². The molecule has 0 spiro atoms. The molecule has 4 heavy (non-hydrogen) atoms. The van der Waals surface area contributed by atoms with Crippen molar-refractivity contribution >= 4 is 6.41 Å². The number of carbonyl (C=O) groups excluding carboxylic acids is 1. The van der Waals surface area contributed by atoms with Crippen LogP contribution >= 0.6 is 0 Å². The summed E-state index contributed by atoms with van der Waals surface area (Å²) in [6.45, 7) is 0. The van der Waals surface area contributed by atoms with Crippen molar-refractivity contribution in [2.75, 3.05) is 0 Å². The van der Waals surface area contributed by atoms with Crippen LogP contribution in [0.15, 0.2) is 0 Å². The van der Waals surface area contributed by atoms with E-state index in [4.69, 9.17) is 4.79 Å². The molecule has 0 heterocycles. The Morgan fingerprint density at radius 1 is 1.75 bits per heavy atom. The summed E-state index contributed by atoms with van der Waals surface area (Å²) in [6.07, 6.45) is 0.250. The van der Waals surface area contributed by atoms with Crippen LogP contribution in [-0.2, 0) is 4.79 Å². The van der Waals surface area contributed by atoms with Gasteiger partial charge in [0.05, 0.1) is 0 Å². The average Bonchev–Trinajstić information content (AvgIpc) is 0.918. The van der Waals surface area contributed by atoms with Gasteiger partial charge >= 0.3 is 0 Å². The molecule has 0 aliphatic carbocycles. The van der Waals surface area contributed by atoms with Crippen LogP contribution in [0.5, 0.6) is 0 Å². The summed E-state index contributed by atoms with van der Waals surface area (Å²) in [7, 11) is 0. The van der Waals surface area contributed by atoms with Gasteiger partial charge in [-0.2, -0.15) is 0 Å². The number of carbonyl (C=O) groups is 1. The van der Waals surface area contributed by atoms with Crippen molar-refractivity contribution in [1.82, 2.24) is 0 Å². The first-order valence-electron chi connectivity index (χ1n) is 0.569. The van der Waals surface area contributed by atoms with Gasteiger partial charge in [0.2, 0.25) is 6.41 Å². The summed E-state index contributed by atoms with van der Waals surface area (Å²) in [5, 5.41) is 0. The van der Waals surface area contributed by atoms with Gasteiger partial charge in [-0.15, -0.1) is 0 Å². The molecule has 0 aliphatic rings. The zero-order valence-electron chi connectivity index (χ0n) is 1.92. The van der Waals surface area contributed by atoms with Crippen molar-refractivity contribution < 1.29 is 44.7 Å². The Kier molecular flexibility index (Phi) is 20.3. The van der Waals surface area contributed by atoms with Crippen molar-refractivity contribution in [3.05, 3.63) is 0 Å². The molecule has 0 saturated heterocycles. The SMILES string of the molecule is NC=O.[Gd]. The quantitative estimate of drug-likeness (QED) is 0.508. The van der Waals surface area contributed by atoms with Crippen LogP contribution in [0.3, 0.4) is 0 Å². The number of hydrogen-bond donors (Lipinski definition) is 1. The van der Waals surface area contributed by atoms with Crippen LogP contribution in [0.1, 0.15) is 0 Å². The van der Waals surface area contributed by atoms with Gasteiger partial charge in [0.25, 0.3) is 0 Å². The minimum absolute atomic E-state index is 0. The predicted octanol–water partition coefficient (Wildman–Crippen LogP) is -0.899. The largest absolute Gasteiger partial charge is 0.372 e. The van der Waals surface area contributed by atoms with E-state index in [1.54, 1.807) is 0 Å². The van der Waals surface area contributed by atoms with Gasteiger partial charge in [0.15, 0.2) is 0 Å². The molecule has 26 valence electrons. The fraction of sp³-hybridized carbons (Fsp3) is 0. The van der Waals surface area contributed by atoms with E-state index >= 15 is 0 Å². The molecule has 1 amide bonds. The Labute approximate surface area is 56.4 Å². The molecule has 0 bridgehead atoms. The van der Waals surface area contributed by atoms with E-state index in [0.29, 0.717) is 0 Å². The summed E-state index contributed by atoms with van der Waals surface area (Å²) in [5.74, 6) is 0. The molecule has 2 N–H and O–H groups in total. The third-order valence-electron chi connectivity index (χ3n) is 0. The van der Waals surface area contributed by atoms with Crippen LogP contribution in [0.4, 0.5) is 0 Å². The van der Waals surface area contributed by atoms with E-state index in [0.717, 1.165) is 0 Å². The molecule has 0 rings (SSSR count). The first-order chi connectivity index (χ1) is 1.41. The Bertz CT molecular complexity index is 15.5. The molecular formula is CH3GdNO. The zero-order chi connectivity index (χ0) is 2.71. The fourth-order valence-corrected chi connectivity index (χ4v) is 0. The number of hydrogen-bond acceptors (Lipinski definition) is 1. The third-order valence-corrected chi connectivity index (χ3v) is 0. The van der Waals surface area contributed by atoms with Gasteiger partial charge in [-0.25, -0.2) is 0 Å². The molecule has 0 radical (unpaired) electrons. The van der Waals surface area contributed by atoms with Gasteiger partial charge in [0.1, 0.15) is 0 Å². The van der Waals surface area contributed by atoms with E-state index in [-0.39, 0.29) is 46.4 Å². The van der Waals surface area contributed by atoms with Crippen molar-refractivity contribution in [3.8, 4) is 0 Å². The Morgan fingerprint density at radius 3 is 1.75 bits per heavy atom. The molecule has 3 heteroatoms. The van der Waals surface area contributed by atoms with Crippen LogP contribution < -0.4 is 5.73 Å². The molecule has 0 aromatic heterocycles. The predicted molar refractivity (Wildman–Crippen MR) is 10.3 cm³/mol. The first-order valence-corrected chi connectivity index (χ1v) is 0.569. The maximum absolute atomic E-state index is 8.58. The number of rotatable bonds is 0. The summed E-state index contributed by atoms with van der Waals surface area (Å²) >= 11 is 0. The van der Waals surface area contributed by atoms with Crippen molar-refractivity contribution in [2.45, 2.75) is 0 Å². The zero-order valence-corrected chi connectivity index (χ0v) is 4.18. The Balaban J connectivity index is 0. The third kappa shape index (κ3) is 14.3. The van der Waals surface area contributed by atoms with Gasteiger partial charge < -0.3 is 5.73 Å². The molecule has 0 atom stereocenters. The molecule has 0 fully saturated rings. The minimum atomic E-state index is 0. The van der Waals surface area contributed by atoms with Crippen molar-refractivity contribution in [2.24, 2.45) is 5.73 Å². The Hall–Kier alpha value is 0.795. The van der Waals surface area contributed by atoms with E-state index in [2.05, 4.69) is 5.73 Å². The van der Waals surface area contributed by atoms with Gasteiger partial charge in [0, 0.05) is 39.9 Å². The summed E-state index contributed by atoms with van der Waals surface area (Å²) < 4.78 is 0. The molecule has 0 aromatic rings. The second-order valence-electron chi connectivity index (χ2n) is 0.136. The van der Waals surface area contributed by atoms with E-state index in [1.807, 2.05) is 0 Å². The van der Waals surface area contributed by atoms with Gasteiger partial charge in [-0.05, 0) is 0 Å². The van der Waals surface area contributed by atoms with Crippen LogP contribution in [-0.4, -0.2) is 6.41 Å². The van der Waals surface area contributed by atoms with Crippen molar-refractivity contribution in [3.63, 3.8) is 0 Å². The first kappa shape index (κ1) is 8.84. The van der Waals surface area contributed by atoms with Gasteiger partial charge in [-0.1, -0.05) is 0 Å². The van der Waals surface area contributed by atoms with E-state index in [1.165, 1.54) is 0 Å². The molecule has 0 saturated carbocycles. The van der Waals surface area contributed by atoms with Crippen LogP contribution in [0, 0.1) is 39.9 Å². The molecular weight excluding hydrogens is 199 g/mol. The number of amides is 1. The maximum Gasteiger partial charge on any atom is 0.204 e. The standard InChI is InChI=1S/CH3NO.Gd/c2-1-3;/h1H,(H2,2,3);. The molecule has 2 nitrogen and oxygen atoms in total. The Morgan fingerprint density at radius 2 is 1.75 bits per heavy atom. The van der Waals surface area contributed by atoms with Gasteiger partial charge in [-0.3, -0.25) is 4.79 Å². The topological polar surface area (TPSA) is 43.1 Å². The summed E-state index contributed by atoms with van der Waals surface area (Å²) in [5.41, 5.74) is 4.17.